The van der Waals surface area contributed by atoms with E-state index in [1.165, 1.54) is 22.9 Å². The molecule has 0 atom stereocenters. The van der Waals surface area contributed by atoms with Crippen LogP contribution >= 0.6 is 24.0 Å². The minimum atomic E-state index is -0.0750. The van der Waals surface area contributed by atoms with Crippen molar-refractivity contribution in [2.24, 2.45) is 0 Å². The minimum absolute atomic E-state index is 0.0750. The van der Waals surface area contributed by atoms with Crippen molar-refractivity contribution >= 4 is 40.3 Å². The Bertz CT molecular complexity index is 947. The molecule has 1 aliphatic heterocycles. The molecule has 2 aromatic rings. The topological polar surface area (TPSA) is 38.8 Å². The first-order valence-corrected chi connectivity index (χ1v) is 11.0. The molecule has 3 rings (SSSR count). The Morgan fingerprint density at radius 2 is 1.67 bits per heavy atom. The normalized spacial score (nSPS) is 15.0. The van der Waals surface area contributed by atoms with Gasteiger partial charge in [0.2, 0.25) is 0 Å². The van der Waals surface area contributed by atoms with E-state index in [0.29, 0.717) is 29.0 Å². The molecule has 0 bridgehead atoms. The molecule has 156 valence electrons. The average molecular weight is 440 g/mol. The number of thioether (sulfide) groups is 1. The lowest BCUT2D eigenvalue weighted by atomic mass is 10.1. The summed E-state index contributed by atoms with van der Waals surface area (Å²) in [7, 11) is 0. The molecule has 1 aliphatic rings. The molecule has 0 aliphatic carbocycles. The van der Waals surface area contributed by atoms with Crippen LogP contribution in [-0.2, 0) is 4.79 Å². The number of hydrogen-bond donors (Lipinski definition) is 0. The van der Waals surface area contributed by atoms with Crippen molar-refractivity contribution in [3.8, 4) is 11.5 Å². The van der Waals surface area contributed by atoms with E-state index in [0.717, 1.165) is 23.5 Å². The van der Waals surface area contributed by atoms with E-state index in [-0.39, 0.29) is 5.91 Å². The van der Waals surface area contributed by atoms with Gasteiger partial charge in [-0.25, -0.2) is 0 Å². The highest BCUT2D eigenvalue weighted by Crippen LogP contribution is 2.32. The first-order chi connectivity index (χ1) is 14.5. The number of rotatable bonds is 9. The highest BCUT2D eigenvalue weighted by atomic mass is 32.2. The molecular weight excluding hydrogens is 414 g/mol. The molecule has 1 saturated heterocycles. The number of hydrogen-bond acceptors (Lipinski definition) is 5. The highest BCUT2D eigenvalue weighted by molar-refractivity contribution is 8.26. The van der Waals surface area contributed by atoms with E-state index in [2.05, 4.69) is 26.5 Å². The monoisotopic (exact) mass is 439 g/mol. The smallest absolute Gasteiger partial charge is 0.266 e. The van der Waals surface area contributed by atoms with Crippen molar-refractivity contribution in [1.29, 1.82) is 0 Å². The Morgan fingerprint density at radius 1 is 1.03 bits per heavy atom. The zero-order valence-corrected chi connectivity index (χ0v) is 18.9. The standard InChI is InChI=1S/C24H25NO3S2/c1-4-10-25-23(26)22(30-24(25)29)16-19-6-8-20(9-7-19)27-11-5-12-28-21-14-17(2)13-18(3)15-21/h4,6-9,13-16H,1,5,10-12H2,2-3H3/b22-16-. The fourth-order valence-corrected chi connectivity index (χ4v) is 4.33. The number of amides is 1. The van der Waals surface area contributed by atoms with Gasteiger partial charge >= 0.3 is 0 Å². The third-order valence-corrected chi connectivity index (χ3v) is 5.76. The van der Waals surface area contributed by atoms with Crippen LogP contribution in [0, 0.1) is 13.8 Å². The number of nitrogens with zero attached hydrogens (tertiary/aromatic N) is 1. The van der Waals surface area contributed by atoms with E-state index in [1.54, 1.807) is 11.0 Å². The molecule has 1 heterocycles. The zero-order chi connectivity index (χ0) is 21.5. The van der Waals surface area contributed by atoms with Gasteiger partial charge in [0.25, 0.3) is 5.91 Å². The second-order valence-electron chi connectivity index (χ2n) is 7.02. The van der Waals surface area contributed by atoms with Gasteiger partial charge in [-0.1, -0.05) is 48.3 Å². The maximum absolute atomic E-state index is 12.4. The third-order valence-electron chi connectivity index (χ3n) is 4.38. The van der Waals surface area contributed by atoms with Crippen LogP contribution in [0.25, 0.3) is 6.08 Å². The fraction of sp³-hybridized carbons (Fsp3) is 0.250. The molecule has 4 nitrogen and oxygen atoms in total. The summed E-state index contributed by atoms with van der Waals surface area (Å²) in [6, 6.07) is 13.9. The largest absolute Gasteiger partial charge is 0.493 e. The van der Waals surface area contributed by atoms with Crippen molar-refractivity contribution in [2.45, 2.75) is 20.3 Å². The van der Waals surface area contributed by atoms with Crippen LogP contribution in [0.5, 0.6) is 11.5 Å². The SMILES string of the molecule is C=CCN1C(=O)/C(=C/c2ccc(OCCCOc3cc(C)cc(C)c3)cc2)SC1=S. The lowest BCUT2D eigenvalue weighted by molar-refractivity contribution is -0.121. The fourth-order valence-electron chi connectivity index (χ4n) is 3.05. The number of carbonyl (C=O) groups excluding carboxylic acids is 1. The molecule has 1 amide bonds. The summed E-state index contributed by atoms with van der Waals surface area (Å²) >= 11 is 6.58. The molecule has 0 radical (unpaired) electrons. The summed E-state index contributed by atoms with van der Waals surface area (Å²) in [5.74, 6) is 1.61. The molecule has 0 unspecified atom stereocenters. The summed E-state index contributed by atoms with van der Waals surface area (Å²) in [5, 5.41) is 0. The molecule has 1 fully saturated rings. The Hall–Kier alpha value is -2.57. The lowest BCUT2D eigenvalue weighted by Gasteiger charge is -2.10. The summed E-state index contributed by atoms with van der Waals surface area (Å²) in [6.07, 6.45) is 4.32. The first kappa shape index (κ1) is 22.1. The van der Waals surface area contributed by atoms with Crippen LogP contribution in [0.3, 0.4) is 0 Å². The van der Waals surface area contributed by atoms with E-state index >= 15 is 0 Å². The average Bonchev–Trinajstić information content (AvgIpc) is 2.96. The number of benzene rings is 2. The predicted octanol–water partition coefficient (Wildman–Crippen LogP) is 5.54. The van der Waals surface area contributed by atoms with Crippen molar-refractivity contribution in [3.63, 3.8) is 0 Å². The van der Waals surface area contributed by atoms with Crippen LogP contribution in [-0.4, -0.2) is 34.9 Å². The van der Waals surface area contributed by atoms with Crippen LogP contribution in [0.4, 0.5) is 0 Å². The predicted molar refractivity (Wildman–Crippen MR) is 128 cm³/mol. The van der Waals surface area contributed by atoms with E-state index in [1.807, 2.05) is 42.5 Å². The Kier molecular flexibility index (Phi) is 7.71. The summed E-state index contributed by atoms with van der Waals surface area (Å²) in [4.78, 5) is 14.6. The van der Waals surface area contributed by atoms with Crippen LogP contribution in [0.2, 0.25) is 0 Å². The second-order valence-corrected chi connectivity index (χ2v) is 8.70. The van der Waals surface area contributed by atoms with Crippen molar-refractivity contribution in [3.05, 3.63) is 76.7 Å². The Balaban J connectivity index is 1.46. The van der Waals surface area contributed by atoms with E-state index < -0.39 is 0 Å². The molecule has 0 saturated carbocycles. The number of thiocarbonyl (C=S) groups is 1. The molecule has 0 N–H and O–H groups in total. The van der Waals surface area contributed by atoms with E-state index in [9.17, 15) is 4.79 Å². The number of ether oxygens (including phenoxy) is 2. The van der Waals surface area contributed by atoms with Gasteiger partial charge in [-0.2, -0.15) is 0 Å². The van der Waals surface area contributed by atoms with Crippen LogP contribution in [0.15, 0.2) is 60.0 Å². The van der Waals surface area contributed by atoms with Crippen molar-refractivity contribution < 1.29 is 14.3 Å². The summed E-state index contributed by atoms with van der Waals surface area (Å²) in [6.45, 7) is 9.41. The molecular formula is C24H25NO3S2. The Morgan fingerprint density at radius 3 is 2.30 bits per heavy atom. The molecule has 2 aromatic carbocycles. The van der Waals surface area contributed by atoms with Gasteiger partial charge in [0.05, 0.1) is 18.1 Å². The van der Waals surface area contributed by atoms with Gasteiger partial charge in [-0.05, 0) is 60.9 Å². The quantitative estimate of drug-likeness (QED) is 0.222. The highest BCUT2D eigenvalue weighted by Gasteiger charge is 2.30. The first-order valence-electron chi connectivity index (χ1n) is 9.76. The second kappa shape index (κ2) is 10.5. The minimum Gasteiger partial charge on any atom is -0.493 e. The van der Waals surface area contributed by atoms with E-state index in [4.69, 9.17) is 21.7 Å². The van der Waals surface area contributed by atoms with Gasteiger partial charge < -0.3 is 9.47 Å². The van der Waals surface area contributed by atoms with Gasteiger partial charge in [-0.3, -0.25) is 9.69 Å². The maximum Gasteiger partial charge on any atom is 0.266 e. The van der Waals surface area contributed by atoms with Crippen LogP contribution in [0.1, 0.15) is 23.1 Å². The van der Waals surface area contributed by atoms with Crippen molar-refractivity contribution in [1.82, 2.24) is 4.90 Å². The number of aryl methyl sites for hydroxylation is 2. The van der Waals surface area contributed by atoms with Crippen molar-refractivity contribution in [2.75, 3.05) is 19.8 Å². The zero-order valence-electron chi connectivity index (χ0n) is 17.2. The molecule has 0 spiro atoms. The van der Waals surface area contributed by atoms with Gasteiger partial charge in [0.1, 0.15) is 15.8 Å². The molecule has 6 heteroatoms. The summed E-state index contributed by atoms with van der Waals surface area (Å²) < 4.78 is 12.2. The van der Waals surface area contributed by atoms with Crippen LogP contribution < -0.4 is 9.47 Å². The summed E-state index contributed by atoms with van der Waals surface area (Å²) in [5.41, 5.74) is 3.33. The van der Waals surface area contributed by atoms with Gasteiger partial charge in [0, 0.05) is 13.0 Å². The molecule has 0 aromatic heterocycles. The van der Waals surface area contributed by atoms with Gasteiger partial charge in [0.15, 0.2) is 0 Å². The third kappa shape index (κ3) is 5.97. The maximum atomic E-state index is 12.4. The van der Waals surface area contributed by atoms with Gasteiger partial charge in [-0.15, -0.1) is 6.58 Å². The lowest BCUT2D eigenvalue weighted by Crippen LogP contribution is -2.27. The Labute approximate surface area is 187 Å². The molecule has 30 heavy (non-hydrogen) atoms. The number of carbonyl (C=O) groups is 1.